The number of rotatable bonds is 8. The number of nitrogens with zero attached hydrogens (tertiary/aromatic N) is 1. The molecule has 1 aliphatic heterocycles. The van der Waals surface area contributed by atoms with Gasteiger partial charge in [0.25, 0.3) is 5.91 Å². The zero-order valence-corrected chi connectivity index (χ0v) is 19.5. The standard InChI is InChI=1S/C24H27FN2O6S/c1-27-17-5-3-4-6-19(17)34-13-16(24(27)32)26-23(31)22(33-2)21(30)20(29)18(28)12-9-14-7-10-15(25)11-8-14/h3-12,16,18,20-22,28-30H,13H2,1-2H3,(H,26,31)/t16?,18-,20+,21-,22-/m1/s1. The molecule has 2 aromatic carbocycles. The molecule has 8 nitrogen and oxygen atoms in total. The molecular formula is C24H27FN2O6S. The topological polar surface area (TPSA) is 119 Å². The van der Waals surface area contributed by atoms with Crippen LogP contribution in [0.25, 0.3) is 6.08 Å². The van der Waals surface area contributed by atoms with Gasteiger partial charge in [0.1, 0.15) is 30.2 Å². The highest BCUT2D eigenvalue weighted by molar-refractivity contribution is 7.99. The van der Waals surface area contributed by atoms with Gasteiger partial charge in [-0.05, 0) is 29.8 Å². The Morgan fingerprint density at radius 3 is 2.53 bits per heavy atom. The summed E-state index contributed by atoms with van der Waals surface area (Å²) in [4.78, 5) is 28.1. The van der Waals surface area contributed by atoms with Crippen LogP contribution in [-0.4, -0.2) is 77.5 Å². The van der Waals surface area contributed by atoms with Crippen LogP contribution in [0.3, 0.4) is 0 Å². The molecule has 5 atom stereocenters. The van der Waals surface area contributed by atoms with Crippen molar-refractivity contribution in [2.45, 2.75) is 35.4 Å². The lowest BCUT2D eigenvalue weighted by Crippen LogP contribution is -2.56. The molecule has 2 aromatic rings. The minimum Gasteiger partial charge on any atom is -0.387 e. The Kier molecular flexibility index (Phi) is 8.81. The van der Waals surface area contributed by atoms with Gasteiger partial charge in [0.2, 0.25) is 5.91 Å². The zero-order chi connectivity index (χ0) is 24.8. The summed E-state index contributed by atoms with van der Waals surface area (Å²) < 4.78 is 18.1. The van der Waals surface area contributed by atoms with Crippen molar-refractivity contribution in [3.63, 3.8) is 0 Å². The summed E-state index contributed by atoms with van der Waals surface area (Å²) in [5.74, 6) is -1.29. The van der Waals surface area contributed by atoms with Crippen LogP contribution in [-0.2, 0) is 14.3 Å². The van der Waals surface area contributed by atoms with Crippen LogP contribution in [0, 0.1) is 5.82 Å². The first-order valence-corrected chi connectivity index (χ1v) is 11.5. The van der Waals surface area contributed by atoms with Crippen molar-refractivity contribution in [3.05, 3.63) is 66.0 Å². The van der Waals surface area contributed by atoms with Crippen molar-refractivity contribution in [2.24, 2.45) is 0 Å². The summed E-state index contributed by atoms with van der Waals surface area (Å²) in [5, 5.41) is 33.7. The molecule has 4 N–H and O–H groups in total. The van der Waals surface area contributed by atoms with Gasteiger partial charge in [-0.2, -0.15) is 0 Å². The third kappa shape index (κ3) is 6.02. The number of amides is 2. The highest BCUT2D eigenvalue weighted by Crippen LogP contribution is 2.33. The van der Waals surface area contributed by atoms with Crippen molar-refractivity contribution >= 4 is 35.3 Å². The first-order valence-electron chi connectivity index (χ1n) is 10.5. The SMILES string of the molecule is CO[C@@H](C(=O)NC1CSc2ccccc2N(C)C1=O)[C@H](O)[C@@H](O)[C@H](O)C=Cc1ccc(F)cc1. The normalized spacial score (nSPS) is 19.8. The van der Waals surface area contributed by atoms with Gasteiger partial charge in [-0.15, -0.1) is 11.8 Å². The second-order valence-corrected chi connectivity index (χ2v) is 8.84. The molecule has 0 bridgehead atoms. The number of fused-ring (bicyclic) bond motifs is 1. The predicted molar refractivity (Wildman–Crippen MR) is 127 cm³/mol. The van der Waals surface area contributed by atoms with E-state index in [1.54, 1.807) is 7.05 Å². The van der Waals surface area contributed by atoms with Gasteiger partial charge in [-0.25, -0.2) is 4.39 Å². The van der Waals surface area contributed by atoms with Gasteiger partial charge in [-0.1, -0.05) is 36.4 Å². The molecule has 0 fully saturated rings. The van der Waals surface area contributed by atoms with Crippen LogP contribution in [0.1, 0.15) is 5.56 Å². The number of thioether (sulfide) groups is 1. The number of methoxy groups -OCH3 is 1. The Bertz CT molecular complexity index is 1030. The van der Waals surface area contributed by atoms with E-state index in [4.69, 9.17) is 4.74 Å². The third-order valence-electron chi connectivity index (χ3n) is 5.46. The number of para-hydroxylation sites is 1. The first-order chi connectivity index (χ1) is 16.2. The van der Waals surface area contributed by atoms with Gasteiger partial charge >= 0.3 is 0 Å². The average Bonchev–Trinajstić information content (AvgIpc) is 2.95. The number of nitrogens with one attached hydrogen (secondary N) is 1. The first kappa shape index (κ1) is 25.9. The summed E-state index contributed by atoms with van der Waals surface area (Å²) >= 11 is 1.41. The minimum atomic E-state index is -1.79. The van der Waals surface area contributed by atoms with E-state index in [0.717, 1.165) is 10.6 Å². The number of carbonyl (C=O) groups excluding carboxylic acids is 2. The Morgan fingerprint density at radius 2 is 1.85 bits per heavy atom. The lowest BCUT2D eigenvalue weighted by molar-refractivity contribution is -0.150. The van der Waals surface area contributed by atoms with E-state index in [0.29, 0.717) is 5.56 Å². The van der Waals surface area contributed by atoms with E-state index in [1.807, 2.05) is 24.3 Å². The number of ether oxygens (including phenoxy) is 1. The molecule has 1 aliphatic rings. The molecule has 0 radical (unpaired) electrons. The summed E-state index contributed by atoms with van der Waals surface area (Å²) in [6.45, 7) is 0. The van der Waals surface area contributed by atoms with Crippen LogP contribution in [0.2, 0.25) is 0 Å². The Labute approximate surface area is 201 Å². The van der Waals surface area contributed by atoms with E-state index in [-0.39, 0.29) is 11.7 Å². The molecule has 1 unspecified atom stereocenters. The Morgan fingerprint density at radius 1 is 1.18 bits per heavy atom. The summed E-state index contributed by atoms with van der Waals surface area (Å²) in [6, 6.07) is 11.9. The molecule has 0 saturated heterocycles. The van der Waals surface area contributed by atoms with Crippen LogP contribution >= 0.6 is 11.8 Å². The van der Waals surface area contributed by atoms with Crippen LogP contribution in [0.5, 0.6) is 0 Å². The van der Waals surface area contributed by atoms with Gasteiger partial charge in [0.05, 0.1) is 5.69 Å². The van der Waals surface area contributed by atoms with E-state index >= 15 is 0 Å². The van der Waals surface area contributed by atoms with Crippen molar-refractivity contribution < 1.29 is 34.0 Å². The largest absolute Gasteiger partial charge is 0.387 e. The summed E-state index contributed by atoms with van der Waals surface area (Å²) in [6.07, 6.45) is -3.99. The molecule has 3 rings (SSSR count). The predicted octanol–water partition coefficient (Wildman–Crippen LogP) is 1.19. The lowest BCUT2D eigenvalue weighted by atomic mass is 10.0. The van der Waals surface area contributed by atoms with Crippen LogP contribution in [0.4, 0.5) is 10.1 Å². The molecule has 10 heteroatoms. The molecule has 0 aliphatic carbocycles. The van der Waals surface area contributed by atoms with E-state index in [2.05, 4.69) is 5.32 Å². The molecule has 182 valence electrons. The quantitative estimate of drug-likeness (QED) is 0.439. The van der Waals surface area contributed by atoms with Crippen LogP contribution < -0.4 is 10.2 Å². The fraction of sp³-hybridized carbons (Fsp3) is 0.333. The number of likely N-dealkylation sites (N-methyl/N-ethyl adjacent to an activating group) is 1. The van der Waals surface area contributed by atoms with Crippen molar-refractivity contribution in [3.8, 4) is 0 Å². The third-order valence-corrected chi connectivity index (χ3v) is 6.61. The van der Waals surface area contributed by atoms with Crippen LogP contribution in [0.15, 0.2) is 59.5 Å². The highest BCUT2D eigenvalue weighted by Gasteiger charge is 2.38. The maximum absolute atomic E-state index is 13.0. The zero-order valence-electron chi connectivity index (χ0n) is 18.7. The molecule has 2 amide bonds. The molecule has 0 spiro atoms. The fourth-order valence-corrected chi connectivity index (χ4v) is 4.59. The lowest BCUT2D eigenvalue weighted by Gasteiger charge is -2.28. The second-order valence-electron chi connectivity index (χ2n) is 7.78. The maximum atomic E-state index is 13.0. The van der Waals surface area contributed by atoms with E-state index < -0.39 is 42.2 Å². The molecule has 0 saturated carbocycles. The second kappa shape index (κ2) is 11.6. The van der Waals surface area contributed by atoms with Gasteiger partial charge in [0.15, 0.2) is 6.10 Å². The molecule has 0 aromatic heterocycles. The van der Waals surface area contributed by atoms with Gasteiger partial charge in [0, 0.05) is 24.8 Å². The fourth-order valence-electron chi connectivity index (χ4n) is 3.49. The number of hydrogen-bond acceptors (Lipinski definition) is 7. The maximum Gasteiger partial charge on any atom is 0.252 e. The van der Waals surface area contributed by atoms with Gasteiger partial charge < -0.3 is 30.3 Å². The monoisotopic (exact) mass is 490 g/mol. The van der Waals surface area contributed by atoms with Gasteiger partial charge in [-0.3, -0.25) is 9.59 Å². The molecule has 1 heterocycles. The number of anilines is 1. The number of aliphatic hydroxyl groups is 3. The minimum absolute atomic E-state index is 0.268. The Balaban J connectivity index is 1.64. The highest BCUT2D eigenvalue weighted by atomic mass is 32.2. The summed E-state index contributed by atoms with van der Waals surface area (Å²) in [7, 11) is 2.79. The summed E-state index contributed by atoms with van der Waals surface area (Å²) in [5.41, 5.74) is 1.29. The average molecular weight is 491 g/mol. The Hall–Kier alpha value is -2.76. The number of halogens is 1. The number of carbonyl (C=O) groups is 2. The molecule has 34 heavy (non-hydrogen) atoms. The van der Waals surface area contributed by atoms with Crippen molar-refractivity contribution in [1.29, 1.82) is 0 Å². The molecular weight excluding hydrogens is 463 g/mol. The number of hydrogen-bond donors (Lipinski definition) is 4. The number of benzene rings is 2. The number of aliphatic hydroxyl groups excluding tert-OH is 3. The van der Waals surface area contributed by atoms with Crippen molar-refractivity contribution in [2.75, 3.05) is 24.8 Å². The van der Waals surface area contributed by atoms with E-state index in [1.165, 1.54) is 60.2 Å². The smallest absolute Gasteiger partial charge is 0.252 e. The van der Waals surface area contributed by atoms with E-state index in [9.17, 15) is 29.3 Å². The van der Waals surface area contributed by atoms with Crippen molar-refractivity contribution in [1.82, 2.24) is 5.32 Å².